The lowest BCUT2D eigenvalue weighted by molar-refractivity contribution is 0.0320. The minimum Gasteiger partial charge on any atom is -0.377 e. The van der Waals surface area contributed by atoms with Crippen LogP contribution in [0, 0.1) is 0 Å². The van der Waals surface area contributed by atoms with Crippen LogP contribution in [-0.2, 0) is 11.2 Å². The van der Waals surface area contributed by atoms with Gasteiger partial charge in [-0.2, -0.15) is 0 Å². The van der Waals surface area contributed by atoms with Crippen LogP contribution in [0.25, 0.3) is 0 Å². The van der Waals surface area contributed by atoms with Gasteiger partial charge in [0.2, 0.25) is 0 Å². The Kier molecular flexibility index (Phi) is 7.70. The molecule has 1 N–H and O–H groups in total. The largest absolute Gasteiger partial charge is 0.377 e. The zero-order valence-corrected chi connectivity index (χ0v) is 12.0. The van der Waals surface area contributed by atoms with Gasteiger partial charge in [0, 0.05) is 12.6 Å². The van der Waals surface area contributed by atoms with Crippen molar-refractivity contribution in [2.24, 2.45) is 0 Å². The molecular weight excluding hydrogens is 222 g/mol. The molecule has 0 fully saturated rings. The Morgan fingerprint density at radius 2 is 1.83 bits per heavy atom. The summed E-state index contributed by atoms with van der Waals surface area (Å²) in [6, 6.07) is 11.1. The van der Waals surface area contributed by atoms with Crippen LogP contribution < -0.4 is 5.32 Å². The average molecular weight is 249 g/mol. The fraction of sp³-hybridized carbons (Fsp3) is 0.625. The smallest absolute Gasteiger partial charge is 0.0728 e. The molecule has 1 aromatic carbocycles. The summed E-state index contributed by atoms with van der Waals surface area (Å²) in [5, 5.41) is 3.63. The molecule has 0 saturated heterocycles. The summed E-state index contributed by atoms with van der Waals surface area (Å²) in [5.41, 5.74) is 1.38. The first-order valence-corrected chi connectivity index (χ1v) is 7.20. The molecule has 0 radical (unpaired) electrons. The van der Waals surface area contributed by atoms with E-state index in [2.05, 4.69) is 56.4 Å². The number of ether oxygens (including phenoxy) is 1. The summed E-state index contributed by atoms with van der Waals surface area (Å²) in [6.07, 6.45) is 3.57. The van der Waals surface area contributed by atoms with Crippen molar-refractivity contribution in [3.8, 4) is 0 Å². The molecule has 2 nitrogen and oxygen atoms in total. The number of hydrogen-bond acceptors (Lipinski definition) is 2. The van der Waals surface area contributed by atoms with Gasteiger partial charge in [-0.05, 0) is 38.3 Å². The summed E-state index contributed by atoms with van der Waals surface area (Å²) >= 11 is 0. The van der Waals surface area contributed by atoms with Crippen molar-refractivity contribution >= 4 is 0 Å². The Morgan fingerprint density at radius 1 is 1.11 bits per heavy atom. The van der Waals surface area contributed by atoms with Crippen LogP contribution in [0.2, 0.25) is 0 Å². The van der Waals surface area contributed by atoms with Crippen molar-refractivity contribution in [1.29, 1.82) is 0 Å². The Labute approximate surface area is 112 Å². The van der Waals surface area contributed by atoms with Crippen LogP contribution in [0.3, 0.4) is 0 Å². The van der Waals surface area contributed by atoms with Crippen molar-refractivity contribution in [2.45, 2.75) is 52.2 Å². The Balaban J connectivity index is 2.64. The number of hydrogen-bond donors (Lipinski definition) is 1. The maximum atomic E-state index is 5.86. The van der Waals surface area contributed by atoms with Gasteiger partial charge in [-0.1, -0.05) is 44.2 Å². The molecular formula is C16H27NO. The second-order valence-electron chi connectivity index (χ2n) is 4.65. The topological polar surface area (TPSA) is 21.3 Å². The molecule has 0 bridgehead atoms. The molecule has 0 aliphatic carbocycles. The van der Waals surface area contributed by atoms with Gasteiger partial charge in [0.15, 0.2) is 0 Å². The molecule has 2 unspecified atom stereocenters. The van der Waals surface area contributed by atoms with E-state index in [4.69, 9.17) is 4.74 Å². The second kappa shape index (κ2) is 9.12. The monoisotopic (exact) mass is 249 g/mol. The summed E-state index contributed by atoms with van der Waals surface area (Å²) < 4.78 is 5.86. The van der Waals surface area contributed by atoms with Crippen molar-refractivity contribution < 1.29 is 4.74 Å². The van der Waals surface area contributed by atoms with Crippen molar-refractivity contribution in [3.63, 3.8) is 0 Å². The molecule has 102 valence electrons. The zero-order valence-electron chi connectivity index (χ0n) is 12.0. The minimum absolute atomic E-state index is 0.307. The van der Waals surface area contributed by atoms with Crippen LogP contribution in [0.1, 0.15) is 39.2 Å². The molecule has 2 atom stereocenters. The Hall–Kier alpha value is -0.860. The molecule has 1 rings (SSSR count). The van der Waals surface area contributed by atoms with Crippen LogP contribution >= 0.6 is 0 Å². The van der Waals surface area contributed by atoms with Gasteiger partial charge < -0.3 is 10.1 Å². The van der Waals surface area contributed by atoms with Crippen LogP contribution in [0.5, 0.6) is 0 Å². The van der Waals surface area contributed by atoms with E-state index in [1.165, 1.54) is 5.56 Å². The summed E-state index contributed by atoms with van der Waals surface area (Å²) in [7, 11) is 0. The third-order valence-electron chi connectivity index (χ3n) is 3.19. The van der Waals surface area contributed by atoms with E-state index < -0.39 is 0 Å². The lowest BCUT2D eigenvalue weighted by atomic mass is 9.99. The predicted octanol–water partition coefficient (Wildman–Crippen LogP) is 3.41. The standard InChI is InChI=1S/C16H27NO/c1-4-12-17-15(16(5-2)18-6-3)13-14-10-8-7-9-11-14/h7-11,15-17H,4-6,12-13H2,1-3H3. The fourth-order valence-electron chi connectivity index (χ4n) is 2.27. The highest BCUT2D eigenvalue weighted by atomic mass is 16.5. The first-order chi connectivity index (χ1) is 8.81. The van der Waals surface area contributed by atoms with Gasteiger partial charge in [-0.3, -0.25) is 0 Å². The SMILES string of the molecule is CCCNC(Cc1ccccc1)C(CC)OCC. The van der Waals surface area contributed by atoms with E-state index in [-0.39, 0.29) is 0 Å². The first-order valence-electron chi connectivity index (χ1n) is 7.20. The Morgan fingerprint density at radius 3 is 2.39 bits per heavy atom. The van der Waals surface area contributed by atoms with E-state index in [1.807, 2.05) is 0 Å². The van der Waals surface area contributed by atoms with Gasteiger partial charge in [0.1, 0.15) is 0 Å². The predicted molar refractivity (Wildman–Crippen MR) is 77.9 cm³/mol. The maximum Gasteiger partial charge on any atom is 0.0728 e. The van der Waals surface area contributed by atoms with E-state index in [0.717, 1.165) is 32.4 Å². The summed E-state index contributed by atoms with van der Waals surface area (Å²) in [6.45, 7) is 8.32. The lowest BCUT2D eigenvalue weighted by Crippen LogP contribution is -2.43. The molecule has 0 spiro atoms. The van der Waals surface area contributed by atoms with Crippen LogP contribution in [0.4, 0.5) is 0 Å². The average Bonchev–Trinajstić information content (AvgIpc) is 2.42. The Bertz CT molecular complexity index is 299. The fourth-order valence-corrected chi connectivity index (χ4v) is 2.27. The quantitative estimate of drug-likeness (QED) is 0.724. The normalized spacial score (nSPS) is 14.4. The second-order valence-corrected chi connectivity index (χ2v) is 4.65. The molecule has 2 heteroatoms. The molecule has 18 heavy (non-hydrogen) atoms. The van der Waals surface area contributed by atoms with E-state index in [1.54, 1.807) is 0 Å². The van der Waals surface area contributed by atoms with Crippen molar-refractivity contribution in [1.82, 2.24) is 5.32 Å². The van der Waals surface area contributed by atoms with Gasteiger partial charge in [-0.15, -0.1) is 0 Å². The summed E-state index contributed by atoms with van der Waals surface area (Å²) in [5.74, 6) is 0. The van der Waals surface area contributed by atoms with Gasteiger partial charge in [0.05, 0.1) is 6.10 Å². The van der Waals surface area contributed by atoms with E-state index in [0.29, 0.717) is 12.1 Å². The molecule has 1 aromatic rings. The van der Waals surface area contributed by atoms with Crippen molar-refractivity contribution in [3.05, 3.63) is 35.9 Å². The van der Waals surface area contributed by atoms with E-state index in [9.17, 15) is 0 Å². The van der Waals surface area contributed by atoms with Gasteiger partial charge >= 0.3 is 0 Å². The third-order valence-corrected chi connectivity index (χ3v) is 3.19. The molecule has 0 saturated carbocycles. The third kappa shape index (κ3) is 5.19. The molecule has 0 heterocycles. The number of nitrogens with one attached hydrogen (secondary N) is 1. The van der Waals surface area contributed by atoms with Gasteiger partial charge in [-0.25, -0.2) is 0 Å². The highest BCUT2D eigenvalue weighted by Gasteiger charge is 2.19. The minimum atomic E-state index is 0.307. The molecule has 0 aliphatic rings. The number of benzene rings is 1. The number of rotatable bonds is 9. The highest BCUT2D eigenvalue weighted by molar-refractivity contribution is 5.16. The van der Waals surface area contributed by atoms with Crippen LogP contribution in [0.15, 0.2) is 30.3 Å². The highest BCUT2D eigenvalue weighted by Crippen LogP contribution is 2.11. The lowest BCUT2D eigenvalue weighted by Gasteiger charge is -2.27. The van der Waals surface area contributed by atoms with E-state index >= 15 is 0 Å². The molecule has 0 aliphatic heterocycles. The van der Waals surface area contributed by atoms with Crippen molar-refractivity contribution in [2.75, 3.05) is 13.2 Å². The maximum absolute atomic E-state index is 5.86. The van der Waals surface area contributed by atoms with Crippen LogP contribution in [-0.4, -0.2) is 25.3 Å². The molecule has 0 aromatic heterocycles. The molecule has 0 amide bonds. The van der Waals surface area contributed by atoms with Gasteiger partial charge in [0.25, 0.3) is 0 Å². The zero-order chi connectivity index (χ0) is 13.2. The first kappa shape index (κ1) is 15.2. The summed E-state index contributed by atoms with van der Waals surface area (Å²) in [4.78, 5) is 0.